The zero-order valence-corrected chi connectivity index (χ0v) is 25.3. The molecular weight excluding hydrogens is 561 g/mol. The van der Waals surface area contributed by atoms with Crippen molar-refractivity contribution >= 4 is 28.9 Å². The fourth-order valence-corrected chi connectivity index (χ4v) is 9.82. The minimum atomic E-state index is -1.36. The molecule has 226 valence electrons. The number of rotatable bonds is 7. The summed E-state index contributed by atoms with van der Waals surface area (Å²) in [6.45, 7) is 4.04. The van der Waals surface area contributed by atoms with Gasteiger partial charge in [-0.25, -0.2) is 14.5 Å². The average Bonchev–Trinajstić information content (AvgIpc) is 3.48. The monoisotopic (exact) mass is 599 g/mol. The van der Waals surface area contributed by atoms with E-state index in [4.69, 9.17) is 14.2 Å². The maximum absolute atomic E-state index is 13.8. The molecule has 0 bridgehead atoms. The number of aliphatic hydroxyl groups is 1. The molecule has 9 nitrogen and oxygen atoms in total. The number of methoxy groups -OCH3 is 2. The van der Waals surface area contributed by atoms with Gasteiger partial charge < -0.3 is 19.3 Å². The van der Waals surface area contributed by atoms with Crippen molar-refractivity contribution in [2.75, 3.05) is 26.8 Å². The normalized spacial score (nSPS) is 35.0. The van der Waals surface area contributed by atoms with Crippen LogP contribution < -0.4 is 0 Å². The second kappa shape index (κ2) is 10.8. The number of fused-ring (bicyclic) bond motifs is 6. The number of ether oxygens (including phenoxy) is 3. The van der Waals surface area contributed by atoms with Gasteiger partial charge in [0.1, 0.15) is 6.61 Å². The van der Waals surface area contributed by atoms with Crippen LogP contribution in [-0.4, -0.2) is 69.4 Å². The van der Waals surface area contributed by atoms with Crippen molar-refractivity contribution in [3.05, 3.63) is 47.3 Å². The van der Waals surface area contributed by atoms with E-state index in [1.165, 1.54) is 32.1 Å². The van der Waals surface area contributed by atoms with Crippen LogP contribution in [0.1, 0.15) is 57.2 Å². The lowest BCUT2D eigenvalue weighted by Crippen LogP contribution is -2.62. The molecule has 0 aromatic carbocycles. The highest BCUT2D eigenvalue weighted by molar-refractivity contribution is 8.13. The van der Waals surface area contributed by atoms with E-state index >= 15 is 0 Å². The molecule has 2 heterocycles. The first kappa shape index (κ1) is 29.5. The highest BCUT2D eigenvalue weighted by Crippen LogP contribution is 2.68. The molecule has 0 aliphatic heterocycles. The maximum atomic E-state index is 13.8. The quantitative estimate of drug-likeness (QED) is 0.282. The Morgan fingerprint density at radius 2 is 2.00 bits per heavy atom. The summed E-state index contributed by atoms with van der Waals surface area (Å²) in [5.41, 5.74) is 1.64. The Morgan fingerprint density at radius 3 is 2.71 bits per heavy atom. The smallest absolute Gasteiger partial charge is 0.333 e. The van der Waals surface area contributed by atoms with Gasteiger partial charge in [-0.3, -0.25) is 4.79 Å². The molecule has 7 atom stereocenters. The summed E-state index contributed by atoms with van der Waals surface area (Å²) in [5.74, 6) is -0.717. The number of hydrogen-bond donors (Lipinski definition) is 1. The van der Waals surface area contributed by atoms with Crippen LogP contribution in [0.3, 0.4) is 0 Å². The van der Waals surface area contributed by atoms with Gasteiger partial charge in [0.05, 0.1) is 35.8 Å². The van der Waals surface area contributed by atoms with Gasteiger partial charge in [-0.2, -0.15) is 9.49 Å². The lowest BCUT2D eigenvalue weighted by atomic mass is 9.45. The summed E-state index contributed by atoms with van der Waals surface area (Å²) < 4.78 is 31.6. The molecular formula is C31H38FN3O6S. The van der Waals surface area contributed by atoms with E-state index in [1.54, 1.807) is 10.7 Å². The SMILES string of the molecule is COCSC(=O)[C@@]1(OC(=O)COC)CC[C@H]2[C@@H]3CCC4=Cc5c(cnn5-c5ccc(F)nc5)C[C@]4(C)[C@H]3[C@@H](O)C[C@@]21C. The van der Waals surface area contributed by atoms with Crippen LogP contribution in [-0.2, 0) is 30.2 Å². The van der Waals surface area contributed by atoms with Gasteiger partial charge in [0.15, 0.2) is 5.60 Å². The van der Waals surface area contributed by atoms with Crippen LogP contribution in [0.25, 0.3) is 11.8 Å². The van der Waals surface area contributed by atoms with E-state index < -0.39 is 29.0 Å². The number of pyridine rings is 1. The number of hydrogen-bond acceptors (Lipinski definition) is 9. The molecule has 3 fully saturated rings. The summed E-state index contributed by atoms with van der Waals surface area (Å²) in [5, 5.41) is 16.4. The van der Waals surface area contributed by atoms with Crippen molar-refractivity contribution in [1.29, 1.82) is 0 Å². The van der Waals surface area contributed by atoms with E-state index in [1.807, 2.05) is 13.1 Å². The van der Waals surface area contributed by atoms with E-state index in [2.05, 4.69) is 23.1 Å². The maximum Gasteiger partial charge on any atom is 0.333 e. The van der Waals surface area contributed by atoms with E-state index in [0.717, 1.165) is 48.7 Å². The molecule has 0 radical (unpaired) electrons. The van der Waals surface area contributed by atoms with Gasteiger partial charge in [-0.05, 0) is 85.5 Å². The van der Waals surface area contributed by atoms with Crippen LogP contribution >= 0.6 is 11.8 Å². The van der Waals surface area contributed by atoms with Crippen LogP contribution in [0.5, 0.6) is 0 Å². The third-order valence-electron chi connectivity index (χ3n) is 10.7. The Labute approximate surface area is 249 Å². The largest absolute Gasteiger partial charge is 0.448 e. The molecule has 1 N–H and O–H groups in total. The van der Waals surface area contributed by atoms with Crippen LogP contribution in [0, 0.1) is 34.5 Å². The van der Waals surface area contributed by atoms with Crippen molar-refractivity contribution < 1.29 is 33.3 Å². The third-order valence-corrected chi connectivity index (χ3v) is 11.6. The number of nitrogens with zero attached hydrogens (tertiary/aromatic N) is 3. The van der Waals surface area contributed by atoms with Crippen molar-refractivity contribution in [3.63, 3.8) is 0 Å². The average molecular weight is 600 g/mol. The van der Waals surface area contributed by atoms with Gasteiger partial charge >= 0.3 is 5.97 Å². The zero-order valence-electron chi connectivity index (χ0n) is 24.5. The van der Waals surface area contributed by atoms with Crippen LogP contribution in [0.15, 0.2) is 30.1 Å². The summed E-state index contributed by atoms with van der Waals surface area (Å²) in [7, 11) is 2.95. The lowest BCUT2D eigenvalue weighted by Gasteiger charge is -2.60. The Bertz CT molecular complexity index is 1410. The minimum Gasteiger partial charge on any atom is -0.448 e. The molecule has 0 spiro atoms. The number of halogens is 1. The summed E-state index contributed by atoms with van der Waals surface area (Å²) >= 11 is 1.02. The van der Waals surface area contributed by atoms with Crippen molar-refractivity contribution in [2.24, 2.45) is 28.6 Å². The molecule has 4 aliphatic carbocycles. The number of esters is 1. The molecule has 3 saturated carbocycles. The number of carbonyl (C=O) groups is 2. The predicted molar refractivity (Wildman–Crippen MR) is 154 cm³/mol. The van der Waals surface area contributed by atoms with E-state index in [0.29, 0.717) is 18.5 Å². The lowest BCUT2D eigenvalue weighted by molar-refractivity contribution is -0.198. The van der Waals surface area contributed by atoms with Gasteiger partial charge in [-0.1, -0.05) is 31.2 Å². The number of carbonyl (C=O) groups excluding carboxylic acids is 2. The topological polar surface area (TPSA) is 113 Å². The van der Waals surface area contributed by atoms with Crippen molar-refractivity contribution in [3.8, 4) is 5.69 Å². The molecule has 2 aromatic heterocycles. The molecule has 6 rings (SSSR count). The molecule has 0 saturated heterocycles. The van der Waals surface area contributed by atoms with Crippen molar-refractivity contribution in [1.82, 2.24) is 14.8 Å². The van der Waals surface area contributed by atoms with Crippen LogP contribution in [0.4, 0.5) is 4.39 Å². The molecule has 2 aromatic rings. The minimum absolute atomic E-state index is 0.0215. The highest BCUT2D eigenvalue weighted by atomic mass is 32.2. The second-order valence-electron chi connectivity index (χ2n) is 12.7. The standard InChI is InChI=1S/C31H38FN3O6S/c1-29-12-18-14-34-35(20-6-8-25(32)33-15-20)23(18)11-19(29)5-7-21-22-9-10-31(28(38)42-17-40-4,41-26(37)16-39-3)30(22,2)13-24(36)27(21)29/h6,8,11,14-15,21-22,24,27,36H,5,7,9-10,12-13,16-17H2,1-4H3/t21-,22-,24-,27+,29-,30-,31-/m0/s1. The Balaban J connectivity index is 1.34. The van der Waals surface area contributed by atoms with E-state index in [-0.39, 0.29) is 40.8 Å². The summed E-state index contributed by atoms with van der Waals surface area (Å²) in [6.07, 6.45) is 8.80. The molecule has 0 amide bonds. The molecule has 11 heteroatoms. The number of aliphatic hydroxyl groups excluding tert-OH is 1. The van der Waals surface area contributed by atoms with Gasteiger partial charge in [-0.15, -0.1) is 0 Å². The van der Waals surface area contributed by atoms with Crippen molar-refractivity contribution in [2.45, 2.75) is 64.1 Å². The first-order chi connectivity index (χ1) is 20.1. The predicted octanol–water partition coefficient (Wildman–Crippen LogP) is 4.35. The first-order valence-corrected chi connectivity index (χ1v) is 15.5. The molecule has 42 heavy (non-hydrogen) atoms. The fraction of sp³-hybridized carbons (Fsp3) is 0.613. The molecule has 0 unspecified atom stereocenters. The number of thioether (sulfide) groups is 1. The fourth-order valence-electron chi connectivity index (χ4n) is 8.99. The molecule has 4 aliphatic rings. The number of allylic oxidation sites excluding steroid dienone is 1. The highest BCUT2D eigenvalue weighted by Gasteiger charge is 2.70. The van der Waals surface area contributed by atoms with Gasteiger partial charge in [0.2, 0.25) is 11.1 Å². The zero-order chi connectivity index (χ0) is 29.9. The third kappa shape index (κ3) is 4.38. The Kier molecular flexibility index (Phi) is 7.60. The van der Waals surface area contributed by atoms with Gasteiger partial charge in [0.25, 0.3) is 0 Å². The summed E-state index contributed by atoms with van der Waals surface area (Å²) in [4.78, 5) is 30.4. The summed E-state index contributed by atoms with van der Waals surface area (Å²) in [6, 6.07) is 3.00. The van der Waals surface area contributed by atoms with Crippen LogP contribution in [0.2, 0.25) is 0 Å². The van der Waals surface area contributed by atoms with Gasteiger partial charge in [0, 0.05) is 19.6 Å². The first-order valence-electron chi connectivity index (χ1n) is 14.5. The Hall–Kier alpha value is -2.60. The van der Waals surface area contributed by atoms with E-state index in [9.17, 15) is 19.1 Å². The second-order valence-corrected chi connectivity index (χ2v) is 13.6. The Morgan fingerprint density at radius 1 is 1.19 bits per heavy atom. The number of aromatic nitrogens is 3.